The molecule has 0 bridgehead atoms. The Bertz CT molecular complexity index is 1080. The molecule has 0 aliphatic carbocycles. The lowest BCUT2D eigenvalue weighted by Crippen LogP contribution is -2.12. The fourth-order valence-corrected chi connectivity index (χ4v) is 4.46. The molecule has 3 rings (SSSR count). The molecule has 0 saturated heterocycles. The van der Waals surface area contributed by atoms with E-state index < -0.39 is 9.84 Å². The maximum absolute atomic E-state index is 12.6. The number of nitrogen functional groups attached to an aromatic ring is 1. The molecule has 3 N–H and O–H groups in total. The van der Waals surface area contributed by atoms with Crippen molar-refractivity contribution in [1.29, 1.82) is 0 Å². The summed E-state index contributed by atoms with van der Waals surface area (Å²) in [4.78, 5) is 12.3. The highest BCUT2D eigenvalue weighted by Gasteiger charge is 2.14. The van der Waals surface area contributed by atoms with Gasteiger partial charge in [-0.1, -0.05) is 48.9 Å². The van der Waals surface area contributed by atoms with Crippen LogP contribution in [0.15, 0.2) is 71.6 Å². The molecule has 1 amide bonds. The molecule has 0 fully saturated rings. The largest absolute Gasteiger partial charge is 0.397 e. The summed E-state index contributed by atoms with van der Waals surface area (Å²) in [6.45, 7) is 0. The molecule has 0 atom stereocenters. The first-order valence-electron chi connectivity index (χ1n) is 9.32. The Labute approximate surface area is 165 Å². The van der Waals surface area contributed by atoms with Crippen molar-refractivity contribution >= 4 is 37.9 Å². The van der Waals surface area contributed by atoms with Gasteiger partial charge >= 0.3 is 0 Å². The second kappa shape index (κ2) is 8.89. The lowest BCUT2D eigenvalue weighted by molar-refractivity contribution is -0.116. The third-order valence-electron chi connectivity index (χ3n) is 4.63. The summed E-state index contributed by atoms with van der Waals surface area (Å²) in [5.74, 6) is -0.0335. The molecule has 0 aromatic heterocycles. The van der Waals surface area contributed by atoms with E-state index in [0.29, 0.717) is 42.0 Å². The topological polar surface area (TPSA) is 89.3 Å². The van der Waals surface area contributed by atoms with E-state index in [1.165, 1.54) is 0 Å². The SMILES string of the molecule is Nc1ccccc1NC(=O)CCCCCS(=O)(=O)c1ccc2ccccc2c1. The van der Waals surface area contributed by atoms with Gasteiger partial charge in [0.1, 0.15) is 0 Å². The zero-order chi connectivity index (χ0) is 20.0. The highest BCUT2D eigenvalue weighted by Crippen LogP contribution is 2.21. The number of benzene rings is 3. The van der Waals surface area contributed by atoms with Gasteiger partial charge in [0.25, 0.3) is 0 Å². The van der Waals surface area contributed by atoms with E-state index in [1.54, 1.807) is 30.3 Å². The van der Waals surface area contributed by atoms with E-state index in [-0.39, 0.29) is 11.7 Å². The molecule has 6 heteroatoms. The number of hydrogen-bond acceptors (Lipinski definition) is 4. The molecule has 0 unspecified atom stereocenters. The predicted molar refractivity (Wildman–Crippen MR) is 114 cm³/mol. The molecule has 3 aromatic carbocycles. The van der Waals surface area contributed by atoms with Gasteiger partial charge in [-0.25, -0.2) is 8.42 Å². The molecule has 28 heavy (non-hydrogen) atoms. The number of para-hydroxylation sites is 2. The average Bonchev–Trinajstić information content (AvgIpc) is 2.69. The van der Waals surface area contributed by atoms with Gasteiger partial charge in [-0.15, -0.1) is 0 Å². The number of unbranched alkanes of at least 4 members (excludes halogenated alkanes) is 2. The first-order valence-corrected chi connectivity index (χ1v) is 11.0. The number of hydrogen-bond donors (Lipinski definition) is 2. The van der Waals surface area contributed by atoms with Gasteiger partial charge in [0.05, 0.1) is 22.0 Å². The van der Waals surface area contributed by atoms with Crippen LogP contribution in [0.4, 0.5) is 11.4 Å². The van der Waals surface area contributed by atoms with Crippen LogP contribution in [0.2, 0.25) is 0 Å². The van der Waals surface area contributed by atoms with Crippen molar-refractivity contribution in [3.05, 3.63) is 66.7 Å². The fourth-order valence-electron chi connectivity index (χ4n) is 3.06. The molecule has 3 aromatic rings. The van der Waals surface area contributed by atoms with Gasteiger partial charge in [-0.05, 0) is 47.9 Å². The van der Waals surface area contributed by atoms with Crippen LogP contribution >= 0.6 is 0 Å². The lowest BCUT2D eigenvalue weighted by atomic mass is 10.1. The zero-order valence-electron chi connectivity index (χ0n) is 15.6. The van der Waals surface area contributed by atoms with Crippen molar-refractivity contribution in [2.45, 2.75) is 30.6 Å². The summed E-state index contributed by atoms with van der Waals surface area (Å²) in [6, 6.07) is 20.0. The van der Waals surface area contributed by atoms with Gasteiger partial charge in [-0.3, -0.25) is 4.79 Å². The van der Waals surface area contributed by atoms with Crippen LogP contribution < -0.4 is 11.1 Å². The Kier molecular flexibility index (Phi) is 6.31. The Hall–Kier alpha value is -2.86. The summed E-state index contributed by atoms with van der Waals surface area (Å²) in [7, 11) is -3.32. The molecule has 0 radical (unpaired) electrons. The van der Waals surface area contributed by atoms with Crippen molar-refractivity contribution in [3.63, 3.8) is 0 Å². The average molecular weight is 397 g/mol. The Morgan fingerprint density at radius 3 is 2.36 bits per heavy atom. The van der Waals surface area contributed by atoms with E-state index >= 15 is 0 Å². The van der Waals surface area contributed by atoms with E-state index in [9.17, 15) is 13.2 Å². The molecule has 0 heterocycles. The van der Waals surface area contributed by atoms with Crippen molar-refractivity contribution in [3.8, 4) is 0 Å². The number of sulfone groups is 1. The molecule has 146 valence electrons. The Balaban J connectivity index is 1.46. The van der Waals surface area contributed by atoms with Crippen molar-refractivity contribution in [1.82, 2.24) is 0 Å². The van der Waals surface area contributed by atoms with E-state index in [1.807, 2.05) is 36.4 Å². The number of fused-ring (bicyclic) bond motifs is 1. The minimum Gasteiger partial charge on any atom is -0.397 e. The minimum absolute atomic E-state index is 0.0819. The van der Waals surface area contributed by atoms with Crippen molar-refractivity contribution in [2.75, 3.05) is 16.8 Å². The summed E-state index contributed by atoms with van der Waals surface area (Å²) < 4.78 is 25.1. The minimum atomic E-state index is -3.32. The molecule has 0 aliphatic rings. The van der Waals surface area contributed by atoms with Crippen LogP contribution in [0.3, 0.4) is 0 Å². The third-order valence-corrected chi connectivity index (χ3v) is 6.43. The predicted octanol–water partition coefficient (Wildman–Crippen LogP) is 4.39. The van der Waals surface area contributed by atoms with Crippen LogP contribution in [-0.2, 0) is 14.6 Å². The fraction of sp³-hybridized carbons (Fsp3) is 0.227. The monoisotopic (exact) mass is 396 g/mol. The molecular formula is C22H24N2O3S. The molecule has 0 aliphatic heterocycles. The van der Waals surface area contributed by atoms with Gasteiger partial charge in [-0.2, -0.15) is 0 Å². The normalized spacial score (nSPS) is 11.4. The quantitative estimate of drug-likeness (QED) is 0.436. The number of nitrogens with two attached hydrogens (primary N) is 1. The molecular weight excluding hydrogens is 372 g/mol. The summed E-state index contributed by atoms with van der Waals surface area (Å²) in [5, 5.41) is 4.72. The van der Waals surface area contributed by atoms with Crippen molar-refractivity contribution < 1.29 is 13.2 Å². The van der Waals surface area contributed by atoms with Crippen molar-refractivity contribution in [2.24, 2.45) is 0 Å². The van der Waals surface area contributed by atoms with Gasteiger partial charge < -0.3 is 11.1 Å². The summed E-state index contributed by atoms with van der Waals surface area (Å²) >= 11 is 0. The number of nitrogens with one attached hydrogen (secondary N) is 1. The number of anilines is 2. The summed E-state index contributed by atoms with van der Waals surface area (Å²) in [5.41, 5.74) is 6.93. The van der Waals surface area contributed by atoms with E-state index in [0.717, 1.165) is 10.8 Å². The second-order valence-corrected chi connectivity index (χ2v) is 8.88. The lowest BCUT2D eigenvalue weighted by Gasteiger charge is -2.08. The highest BCUT2D eigenvalue weighted by molar-refractivity contribution is 7.91. The van der Waals surface area contributed by atoms with Gasteiger partial charge in [0.2, 0.25) is 5.91 Å². The molecule has 5 nitrogen and oxygen atoms in total. The maximum Gasteiger partial charge on any atom is 0.224 e. The van der Waals surface area contributed by atoms with E-state index in [4.69, 9.17) is 5.73 Å². The third kappa shape index (κ3) is 5.10. The van der Waals surface area contributed by atoms with Gasteiger partial charge in [0, 0.05) is 6.42 Å². The van der Waals surface area contributed by atoms with E-state index in [2.05, 4.69) is 5.32 Å². The number of amides is 1. The van der Waals surface area contributed by atoms with Gasteiger partial charge in [0.15, 0.2) is 9.84 Å². The smallest absolute Gasteiger partial charge is 0.224 e. The first kappa shape index (κ1) is 19.9. The molecule has 0 spiro atoms. The van der Waals surface area contributed by atoms with Crippen LogP contribution in [0.25, 0.3) is 10.8 Å². The van der Waals surface area contributed by atoms with Crippen LogP contribution in [0, 0.1) is 0 Å². The number of rotatable bonds is 8. The standard InChI is InChI=1S/C22H24N2O3S/c23-20-10-5-6-11-21(20)24-22(25)12-2-1-7-15-28(26,27)19-14-13-17-8-3-4-9-18(17)16-19/h3-6,8-11,13-14,16H,1-2,7,12,15,23H2,(H,24,25). The van der Waals surface area contributed by atoms with Crippen LogP contribution in [0.1, 0.15) is 25.7 Å². The zero-order valence-corrected chi connectivity index (χ0v) is 16.4. The van der Waals surface area contributed by atoms with Crippen LogP contribution in [-0.4, -0.2) is 20.1 Å². The summed E-state index contributed by atoms with van der Waals surface area (Å²) in [6.07, 6.45) is 2.16. The number of carbonyl (C=O) groups is 1. The second-order valence-electron chi connectivity index (χ2n) is 6.77. The highest BCUT2D eigenvalue weighted by atomic mass is 32.2. The Morgan fingerprint density at radius 2 is 1.57 bits per heavy atom. The maximum atomic E-state index is 12.6. The first-order chi connectivity index (χ1) is 13.5. The number of carbonyl (C=O) groups excluding carboxylic acids is 1. The Morgan fingerprint density at radius 1 is 0.857 bits per heavy atom. The molecule has 0 saturated carbocycles. The van der Waals surface area contributed by atoms with Crippen LogP contribution in [0.5, 0.6) is 0 Å².